The van der Waals surface area contributed by atoms with Crippen molar-refractivity contribution in [2.24, 2.45) is 0 Å². The third-order valence-corrected chi connectivity index (χ3v) is 5.59. The van der Waals surface area contributed by atoms with Crippen molar-refractivity contribution in [1.82, 2.24) is 10.6 Å². The fourth-order valence-electron chi connectivity index (χ4n) is 4.11. The van der Waals surface area contributed by atoms with E-state index in [-0.39, 0.29) is 5.91 Å². The molecule has 0 spiro atoms. The molecule has 0 radical (unpaired) electrons. The number of carbonyl (C=O) groups excluding carboxylic acids is 3. The normalized spacial score (nSPS) is 23.6. The molecular weight excluding hydrogens is 401 g/mol. The van der Waals surface area contributed by atoms with Crippen molar-refractivity contribution >= 4 is 34.7 Å². The fraction of sp³-hybridized carbons (Fsp3) is 0.174. The summed E-state index contributed by atoms with van der Waals surface area (Å²) in [4.78, 5) is 35.8. The number of carbonyl (C=O) groups is 3. The van der Waals surface area contributed by atoms with E-state index in [1.165, 1.54) is 12.1 Å². The smallest absolute Gasteiger partial charge is 0.322 e. The average Bonchev–Trinajstić information content (AvgIpc) is 3.32. The summed E-state index contributed by atoms with van der Waals surface area (Å²) in [6.07, 6.45) is 1.81. The van der Waals surface area contributed by atoms with Gasteiger partial charge in [0.25, 0.3) is 11.8 Å². The highest BCUT2D eigenvalue weighted by Crippen LogP contribution is 2.44. The Hall–Kier alpha value is -3.94. The lowest BCUT2D eigenvalue weighted by molar-refractivity contribution is -0.120. The molecule has 3 aliphatic heterocycles. The number of rotatable bonds is 2. The van der Waals surface area contributed by atoms with Crippen molar-refractivity contribution in [2.45, 2.75) is 25.5 Å². The summed E-state index contributed by atoms with van der Waals surface area (Å²) in [6.45, 7) is 3.78. The monoisotopic (exact) mass is 419 g/mol. The van der Waals surface area contributed by atoms with Gasteiger partial charge in [0.15, 0.2) is 0 Å². The number of hydrogen-bond donors (Lipinski definition) is 3. The maximum atomic E-state index is 13.5. The van der Waals surface area contributed by atoms with Gasteiger partial charge in [-0.25, -0.2) is 9.18 Å². The lowest BCUT2D eigenvalue weighted by atomic mass is 9.91. The van der Waals surface area contributed by atoms with Crippen molar-refractivity contribution in [3.05, 3.63) is 76.8 Å². The first-order valence-corrected chi connectivity index (χ1v) is 9.71. The molecule has 4 amide bonds. The lowest BCUT2D eigenvalue weighted by Gasteiger charge is -2.23. The van der Waals surface area contributed by atoms with E-state index in [1.807, 2.05) is 32.1 Å². The van der Waals surface area contributed by atoms with Crippen LogP contribution < -0.4 is 16.0 Å². The molecule has 2 aromatic rings. The summed E-state index contributed by atoms with van der Waals surface area (Å²) < 4.78 is 19.7. The molecular formula is C23H18FN3O4. The number of anilines is 1. The maximum absolute atomic E-state index is 13.5. The van der Waals surface area contributed by atoms with E-state index < -0.39 is 29.4 Å². The first-order valence-electron chi connectivity index (χ1n) is 9.71. The van der Waals surface area contributed by atoms with Crippen LogP contribution in [0.2, 0.25) is 0 Å². The maximum Gasteiger partial charge on any atom is 0.322 e. The van der Waals surface area contributed by atoms with E-state index in [0.29, 0.717) is 28.1 Å². The Bertz CT molecular complexity index is 1230. The highest BCUT2D eigenvalue weighted by Gasteiger charge is 2.38. The number of amides is 4. The van der Waals surface area contributed by atoms with Gasteiger partial charge in [-0.1, -0.05) is 24.3 Å². The molecule has 156 valence electrons. The standard InChI is InChI=1S/C23H18FN3O4/c1-23(2)15(11-3-5-12(6-4-11)19-21(29)27-22(30)26-19)10-17(31-23)18-14-8-7-13(24)9-16(14)25-20(18)28/h3-10,19H,1-2H3,(H,25,28)(H2,26,27,29,30). The van der Waals surface area contributed by atoms with E-state index in [2.05, 4.69) is 16.0 Å². The molecule has 7 nitrogen and oxygen atoms in total. The lowest BCUT2D eigenvalue weighted by Crippen LogP contribution is -2.22. The Morgan fingerprint density at radius 2 is 1.74 bits per heavy atom. The van der Waals surface area contributed by atoms with Crippen molar-refractivity contribution in [3.63, 3.8) is 0 Å². The number of allylic oxidation sites excluding steroid dienone is 1. The second-order valence-corrected chi connectivity index (χ2v) is 8.07. The number of benzene rings is 2. The summed E-state index contributed by atoms with van der Waals surface area (Å²) in [7, 11) is 0. The molecule has 5 rings (SSSR count). The van der Waals surface area contributed by atoms with Crippen LogP contribution in [-0.2, 0) is 14.3 Å². The van der Waals surface area contributed by atoms with Gasteiger partial charge in [-0.05, 0) is 49.2 Å². The van der Waals surface area contributed by atoms with Crippen LogP contribution in [0.25, 0.3) is 11.1 Å². The van der Waals surface area contributed by atoms with Crippen LogP contribution in [-0.4, -0.2) is 23.4 Å². The van der Waals surface area contributed by atoms with Gasteiger partial charge in [0, 0.05) is 11.1 Å². The SMILES string of the molecule is CC1(C)OC(=C2C(=O)Nc3cc(F)ccc32)C=C1c1ccc(C2NC(=O)NC2=O)cc1. The Labute approximate surface area is 177 Å². The molecule has 0 aliphatic carbocycles. The second-order valence-electron chi connectivity index (χ2n) is 8.07. The minimum atomic E-state index is -0.722. The summed E-state index contributed by atoms with van der Waals surface area (Å²) in [6, 6.07) is 10.1. The van der Waals surface area contributed by atoms with Crippen molar-refractivity contribution < 1.29 is 23.5 Å². The van der Waals surface area contributed by atoms with Gasteiger partial charge in [0.05, 0.1) is 11.3 Å². The van der Waals surface area contributed by atoms with Gasteiger partial charge in [0.1, 0.15) is 23.2 Å². The summed E-state index contributed by atoms with van der Waals surface area (Å²) in [5.41, 5.74) is 3.02. The molecule has 3 N–H and O–H groups in total. The molecule has 1 fully saturated rings. The van der Waals surface area contributed by atoms with E-state index in [9.17, 15) is 18.8 Å². The molecule has 1 saturated heterocycles. The first kappa shape index (κ1) is 19.0. The average molecular weight is 419 g/mol. The summed E-state index contributed by atoms with van der Waals surface area (Å²) >= 11 is 0. The zero-order chi connectivity index (χ0) is 21.9. The minimum absolute atomic E-state index is 0.345. The third kappa shape index (κ3) is 3.07. The van der Waals surface area contributed by atoms with Crippen molar-refractivity contribution in [1.29, 1.82) is 0 Å². The Morgan fingerprint density at radius 3 is 2.42 bits per heavy atom. The van der Waals surface area contributed by atoms with E-state index in [1.54, 1.807) is 18.2 Å². The molecule has 0 aromatic heterocycles. The second kappa shape index (κ2) is 6.53. The number of nitrogens with one attached hydrogen (secondary N) is 3. The number of halogens is 1. The topological polar surface area (TPSA) is 96.5 Å². The predicted octanol–water partition coefficient (Wildman–Crippen LogP) is 3.26. The van der Waals surface area contributed by atoms with Crippen LogP contribution in [0.3, 0.4) is 0 Å². The number of fused-ring (bicyclic) bond motifs is 1. The van der Waals surface area contributed by atoms with Crippen LogP contribution in [0.15, 0.2) is 54.3 Å². The molecule has 3 aliphatic rings. The Morgan fingerprint density at radius 1 is 1.00 bits per heavy atom. The Kier molecular flexibility index (Phi) is 4.01. The molecule has 0 saturated carbocycles. The molecule has 8 heteroatoms. The van der Waals surface area contributed by atoms with Gasteiger partial charge in [-0.15, -0.1) is 0 Å². The summed E-state index contributed by atoms with van der Waals surface area (Å²) in [5.74, 6) is -0.756. The molecule has 3 heterocycles. The van der Waals surface area contributed by atoms with E-state index >= 15 is 0 Å². The van der Waals surface area contributed by atoms with Crippen molar-refractivity contribution in [2.75, 3.05) is 5.32 Å². The van der Waals surface area contributed by atoms with Crippen LogP contribution in [0.5, 0.6) is 0 Å². The van der Waals surface area contributed by atoms with Gasteiger partial charge >= 0.3 is 6.03 Å². The van der Waals surface area contributed by atoms with Gasteiger partial charge in [-0.2, -0.15) is 0 Å². The Balaban J connectivity index is 1.52. The quantitative estimate of drug-likeness (QED) is 0.514. The number of ether oxygens (including phenoxy) is 1. The first-order chi connectivity index (χ1) is 14.7. The van der Waals surface area contributed by atoms with Crippen LogP contribution in [0, 0.1) is 5.82 Å². The predicted molar refractivity (Wildman–Crippen MR) is 111 cm³/mol. The van der Waals surface area contributed by atoms with Crippen molar-refractivity contribution in [3.8, 4) is 0 Å². The van der Waals surface area contributed by atoms with E-state index in [4.69, 9.17) is 4.74 Å². The van der Waals surface area contributed by atoms with E-state index in [0.717, 1.165) is 11.1 Å². The van der Waals surface area contributed by atoms with Gasteiger partial charge in [0.2, 0.25) is 0 Å². The molecule has 31 heavy (non-hydrogen) atoms. The number of hydrogen-bond acceptors (Lipinski definition) is 4. The fourth-order valence-corrected chi connectivity index (χ4v) is 4.11. The highest BCUT2D eigenvalue weighted by atomic mass is 19.1. The number of imide groups is 1. The molecule has 1 atom stereocenters. The molecule has 0 bridgehead atoms. The molecule has 2 aromatic carbocycles. The third-order valence-electron chi connectivity index (χ3n) is 5.59. The minimum Gasteiger partial charge on any atom is -0.482 e. The highest BCUT2D eigenvalue weighted by molar-refractivity contribution is 6.32. The zero-order valence-electron chi connectivity index (χ0n) is 16.7. The van der Waals surface area contributed by atoms with Crippen LogP contribution >= 0.6 is 0 Å². The zero-order valence-corrected chi connectivity index (χ0v) is 16.7. The van der Waals surface area contributed by atoms with Gasteiger partial charge in [-0.3, -0.25) is 14.9 Å². The largest absolute Gasteiger partial charge is 0.482 e. The number of urea groups is 1. The summed E-state index contributed by atoms with van der Waals surface area (Å²) in [5, 5.41) is 7.46. The van der Waals surface area contributed by atoms with Gasteiger partial charge < -0.3 is 15.4 Å². The van der Waals surface area contributed by atoms with Crippen LogP contribution in [0.1, 0.15) is 36.6 Å². The van der Waals surface area contributed by atoms with Crippen LogP contribution in [0.4, 0.5) is 14.9 Å². The molecule has 1 unspecified atom stereocenters.